The van der Waals surface area contributed by atoms with Gasteiger partial charge >= 0.3 is 0 Å². The summed E-state index contributed by atoms with van der Waals surface area (Å²) in [5.41, 5.74) is 2.84. The Hall–Kier alpha value is -1.53. The summed E-state index contributed by atoms with van der Waals surface area (Å²) in [5, 5.41) is 0. The number of rotatable bonds is 5. The predicted octanol–water partition coefficient (Wildman–Crippen LogP) is 5.94. The molecule has 0 unspecified atom stereocenters. The number of fused-ring (bicyclic) bond motifs is 1. The second-order valence-electron chi connectivity index (χ2n) is 5.58. The number of nitrogens with one attached hydrogen (secondary N) is 1. The minimum absolute atomic E-state index is 0.0458. The molecule has 0 saturated carbocycles. The summed E-state index contributed by atoms with van der Waals surface area (Å²) in [4.78, 5) is 8.03. The van der Waals surface area contributed by atoms with Gasteiger partial charge in [-0.05, 0) is 70.8 Å². The van der Waals surface area contributed by atoms with Crippen LogP contribution in [-0.4, -0.2) is 22.7 Å². The lowest BCUT2D eigenvalue weighted by atomic mass is 10.2. The van der Waals surface area contributed by atoms with E-state index >= 15 is 0 Å². The number of imidazole rings is 1. The molecule has 0 amide bonds. The second kappa shape index (κ2) is 7.15. The first-order valence-electron chi connectivity index (χ1n) is 7.77. The monoisotopic (exact) mass is 452 g/mol. The highest BCUT2D eigenvalue weighted by atomic mass is 79.9. The van der Waals surface area contributed by atoms with Crippen LogP contribution in [0, 0.1) is 0 Å². The molecule has 1 aromatic heterocycles. The zero-order valence-electron chi connectivity index (χ0n) is 13.7. The number of halogens is 2. The summed E-state index contributed by atoms with van der Waals surface area (Å²) >= 11 is 7.29. The Labute approximate surface area is 157 Å². The minimum atomic E-state index is 0.0458. The third-order valence-corrected chi connectivity index (χ3v) is 5.54. The fourth-order valence-electron chi connectivity index (χ4n) is 2.45. The van der Waals surface area contributed by atoms with Crippen LogP contribution in [0.2, 0.25) is 0 Å². The summed E-state index contributed by atoms with van der Waals surface area (Å²) in [5.74, 6) is 2.16. The Kier molecular flexibility index (Phi) is 5.15. The average Bonchev–Trinajstić information content (AvgIpc) is 2.98. The van der Waals surface area contributed by atoms with E-state index in [0.717, 1.165) is 31.4 Å². The Morgan fingerprint density at radius 2 is 1.92 bits per heavy atom. The van der Waals surface area contributed by atoms with E-state index < -0.39 is 0 Å². The molecule has 0 aliphatic carbocycles. The molecule has 1 heterocycles. The van der Waals surface area contributed by atoms with Crippen LogP contribution < -0.4 is 9.47 Å². The number of H-pyrrole nitrogens is 1. The van der Waals surface area contributed by atoms with Crippen LogP contribution in [0.4, 0.5) is 0 Å². The van der Waals surface area contributed by atoms with Crippen molar-refractivity contribution in [3.8, 4) is 22.9 Å². The summed E-state index contributed by atoms with van der Waals surface area (Å²) in [7, 11) is 0. The molecule has 0 aliphatic rings. The number of aromatic nitrogens is 2. The van der Waals surface area contributed by atoms with Gasteiger partial charge < -0.3 is 14.5 Å². The second-order valence-corrected chi connectivity index (χ2v) is 7.17. The van der Waals surface area contributed by atoms with Crippen LogP contribution in [-0.2, 0) is 0 Å². The Morgan fingerprint density at radius 1 is 1.17 bits per heavy atom. The van der Waals surface area contributed by atoms with Crippen molar-refractivity contribution in [3.63, 3.8) is 0 Å². The Morgan fingerprint density at radius 3 is 2.58 bits per heavy atom. The maximum Gasteiger partial charge on any atom is 0.176 e. The topological polar surface area (TPSA) is 47.1 Å². The van der Waals surface area contributed by atoms with Crippen molar-refractivity contribution < 1.29 is 9.47 Å². The molecule has 0 radical (unpaired) electrons. The molecule has 0 bridgehead atoms. The smallest absolute Gasteiger partial charge is 0.176 e. The fraction of sp³-hybridized carbons (Fsp3) is 0.278. The number of benzene rings is 2. The van der Waals surface area contributed by atoms with E-state index in [1.165, 1.54) is 0 Å². The molecule has 0 fully saturated rings. The first kappa shape index (κ1) is 17.3. The molecule has 0 atom stereocenters. The average molecular weight is 454 g/mol. The van der Waals surface area contributed by atoms with E-state index in [-0.39, 0.29) is 6.10 Å². The van der Waals surface area contributed by atoms with Crippen molar-refractivity contribution in [2.24, 2.45) is 0 Å². The van der Waals surface area contributed by atoms with Crippen molar-refractivity contribution in [2.45, 2.75) is 26.9 Å². The van der Waals surface area contributed by atoms with Gasteiger partial charge in [-0.2, -0.15) is 0 Å². The minimum Gasteiger partial charge on any atom is -0.490 e. The largest absolute Gasteiger partial charge is 0.490 e. The molecule has 3 aromatic rings. The van der Waals surface area contributed by atoms with Crippen LogP contribution in [0.5, 0.6) is 11.5 Å². The number of ether oxygens (including phenoxy) is 2. The zero-order chi connectivity index (χ0) is 17.3. The van der Waals surface area contributed by atoms with Gasteiger partial charge in [-0.15, -0.1) is 0 Å². The Bertz CT molecular complexity index is 842. The molecule has 24 heavy (non-hydrogen) atoms. The quantitative estimate of drug-likeness (QED) is 0.519. The molecule has 6 heteroatoms. The van der Waals surface area contributed by atoms with E-state index in [9.17, 15) is 0 Å². The van der Waals surface area contributed by atoms with Crippen LogP contribution in [0.25, 0.3) is 22.4 Å². The lowest BCUT2D eigenvalue weighted by molar-refractivity contribution is 0.222. The van der Waals surface area contributed by atoms with E-state index in [0.29, 0.717) is 18.1 Å². The number of hydrogen-bond donors (Lipinski definition) is 1. The van der Waals surface area contributed by atoms with E-state index in [1.807, 2.05) is 51.1 Å². The van der Waals surface area contributed by atoms with Crippen LogP contribution in [0.15, 0.2) is 39.3 Å². The Balaban J connectivity index is 2.17. The maximum absolute atomic E-state index is 5.93. The van der Waals surface area contributed by atoms with Crippen molar-refractivity contribution in [2.75, 3.05) is 6.61 Å². The van der Waals surface area contributed by atoms with Gasteiger partial charge in [0.2, 0.25) is 0 Å². The number of aromatic amines is 1. The van der Waals surface area contributed by atoms with Gasteiger partial charge in [-0.3, -0.25) is 0 Å². The van der Waals surface area contributed by atoms with Gasteiger partial charge in [0.1, 0.15) is 5.82 Å². The normalized spacial score (nSPS) is 11.2. The zero-order valence-corrected chi connectivity index (χ0v) is 16.9. The standard InChI is InChI=1S/C18H18Br2N2O2/c1-4-23-14-9-11(15(19)16(20)17(14)24-10(2)3)18-21-12-7-5-6-8-13(12)22-18/h5-10H,4H2,1-3H3,(H,21,22). The number of nitrogens with zero attached hydrogens (tertiary/aromatic N) is 1. The lowest BCUT2D eigenvalue weighted by Crippen LogP contribution is -2.08. The molecular formula is C18H18Br2N2O2. The fourth-order valence-corrected chi connectivity index (χ4v) is 3.43. The van der Waals surface area contributed by atoms with Crippen LogP contribution in [0.3, 0.4) is 0 Å². The van der Waals surface area contributed by atoms with E-state index in [1.54, 1.807) is 0 Å². The maximum atomic E-state index is 5.93. The number of hydrogen-bond acceptors (Lipinski definition) is 3. The lowest BCUT2D eigenvalue weighted by Gasteiger charge is -2.18. The van der Waals surface area contributed by atoms with Gasteiger partial charge in [-0.1, -0.05) is 12.1 Å². The first-order valence-corrected chi connectivity index (χ1v) is 9.36. The van der Waals surface area contributed by atoms with Crippen molar-refractivity contribution in [1.82, 2.24) is 9.97 Å². The first-order chi connectivity index (χ1) is 11.5. The van der Waals surface area contributed by atoms with E-state index in [4.69, 9.17) is 9.47 Å². The molecular weight excluding hydrogens is 436 g/mol. The summed E-state index contributed by atoms with van der Waals surface area (Å²) in [6, 6.07) is 9.91. The summed E-state index contributed by atoms with van der Waals surface area (Å²) in [6.45, 7) is 6.49. The molecule has 2 aromatic carbocycles. The van der Waals surface area contributed by atoms with Gasteiger partial charge in [-0.25, -0.2) is 4.98 Å². The third kappa shape index (κ3) is 3.30. The van der Waals surface area contributed by atoms with Crippen LogP contribution >= 0.6 is 31.9 Å². The third-order valence-electron chi connectivity index (χ3n) is 3.43. The van der Waals surface area contributed by atoms with Gasteiger partial charge in [0.15, 0.2) is 11.5 Å². The molecule has 126 valence electrons. The number of para-hydroxylation sites is 2. The van der Waals surface area contributed by atoms with E-state index in [2.05, 4.69) is 41.8 Å². The molecule has 1 N–H and O–H groups in total. The summed E-state index contributed by atoms with van der Waals surface area (Å²) in [6.07, 6.45) is 0.0458. The highest BCUT2D eigenvalue weighted by Gasteiger charge is 2.21. The molecule has 0 aliphatic heterocycles. The molecule has 0 spiro atoms. The van der Waals surface area contributed by atoms with Crippen molar-refractivity contribution in [1.29, 1.82) is 0 Å². The van der Waals surface area contributed by atoms with Crippen molar-refractivity contribution in [3.05, 3.63) is 39.3 Å². The van der Waals surface area contributed by atoms with Crippen LogP contribution in [0.1, 0.15) is 20.8 Å². The summed E-state index contributed by atoms with van der Waals surface area (Å²) < 4.78 is 13.4. The molecule has 4 nitrogen and oxygen atoms in total. The van der Waals surface area contributed by atoms with Crippen molar-refractivity contribution >= 4 is 42.9 Å². The highest BCUT2D eigenvalue weighted by molar-refractivity contribution is 9.13. The van der Waals surface area contributed by atoms with Gasteiger partial charge in [0.05, 0.1) is 28.2 Å². The molecule has 0 saturated heterocycles. The SMILES string of the molecule is CCOc1cc(-c2nc3ccccc3[nH]2)c(Br)c(Br)c1OC(C)C. The molecule has 3 rings (SSSR count). The van der Waals surface area contributed by atoms with Gasteiger partial charge in [0, 0.05) is 10.0 Å². The van der Waals surface area contributed by atoms with Gasteiger partial charge in [0.25, 0.3) is 0 Å². The highest BCUT2D eigenvalue weighted by Crippen LogP contribution is 2.46. The predicted molar refractivity (Wildman–Crippen MR) is 104 cm³/mol.